The largest absolute Gasteiger partial charge is 0.384 e. The number of hydrogen-bond acceptors (Lipinski definition) is 5. The summed E-state index contributed by atoms with van der Waals surface area (Å²) >= 11 is 0. The van der Waals surface area contributed by atoms with E-state index in [2.05, 4.69) is 16.9 Å². The topological polar surface area (TPSA) is 64.3 Å². The number of likely N-dealkylation sites (N-methyl/N-ethyl adjacent to an activating group) is 1. The van der Waals surface area contributed by atoms with Crippen molar-refractivity contribution in [1.82, 2.24) is 9.97 Å². The van der Waals surface area contributed by atoms with Gasteiger partial charge in [-0.05, 0) is 6.92 Å². The quantitative estimate of drug-likeness (QED) is 0.811. The maximum Gasteiger partial charge on any atom is 0.134 e. The second-order valence-corrected chi connectivity index (χ2v) is 3.84. The number of nitrogens with two attached hydrogens (primary N) is 1. The smallest absolute Gasteiger partial charge is 0.134 e. The fourth-order valence-electron chi connectivity index (χ4n) is 1.42. The molecule has 0 aliphatic rings. The van der Waals surface area contributed by atoms with Gasteiger partial charge < -0.3 is 15.4 Å². The van der Waals surface area contributed by atoms with Crippen molar-refractivity contribution in [2.24, 2.45) is 0 Å². The molecule has 1 unspecified atom stereocenters. The van der Waals surface area contributed by atoms with Gasteiger partial charge in [-0.15, -0.1) is 0 Å². The third-order valence-corrected chi connectivity index (χ3v) is 2.53. The van der Waals surface area contributed by atoms with E-state index in [0.717, 1.165) is 18.1 Å². The summed E-state index contributed by atoms with van der Waals surface area (Å²) in [6, 6.07) is 2.04. The molecule has 0 radical (unpaired) electrons. The van der Waals surface area contributed by atoms with Gasteiger partial charge in [0.15, 0.2) is 0 Å². The molecule has 0 aliphatic heterocycles. The number of aromatic nitrogens is 2. The molecule has 0 aliphatic carbocycles. The van der Waals surface area contributed by atoms with Crippen LogP contribution in [0.15, 0.2) is 6.07 Å². The lowest BCUT2D eigenvalue weighted by atomic mass is 10.3. The summed E-state index contributed by atoms with van der Waals surface area (Å²) in [6.45, 7) is 4.74. The van der Waals surface area contributed by atoms with Crippen molar-refractivity contribution in [3.05, 3.63) is 11.9 Å². The summed E-state index contributed by atoms with van der Waals surface area (Å²) in [5.74, 6) is 2.12. The molecule has 1 aromatic rings. The minimum atomic E-state index is 0.254. The van der Waals surface area contributed by atoms with Crippen molar-refractivity contribution in [2.45, 2.75) is 26.3 Å². The van der Waals surface area contributed by atoms with Crippen LogP contribution in [0.1, 0.15) is 19.7 Å². The van der Waals surface area contributed by atoms with E-state index in [4.69, 9.17) is 10.5 Å². The van der Waals surface area contributed by atoms with Gasteiger partial charge in [-0.1, -0.05) is 6.92 Å². The van der Waals surface area contributed by atoms with Crippen LogP contribution >= 0.6 is 0 Å². The number of rotatable bonds is 5. The summed E-state index contributed by atoms with van der Waals surface area (Å²) in [5, 5.41) is 0. The maximum absolute atomic E-state index is 5.74. The lowest BCUT2D eigenvalue weighted by Gasteiger charge is -2.25. The second-order valence-electron chi connectivity index (χ2n) is 3.84. The third-order valence-electron chi connectivity index (χ3n) is 2.53. The normalized spacial score (nSPS) is 12.5. The van der Waals surface area contributed by atoms with Crippen LogP contribution in [0.4, 0.5) is 11.6 Å². The van der Waals surface area contributed by atoms with E-state index in [1.54, 1.807) is 13.2 Å². The molecule has 90 valence electrons. The predicted molar refractivity (Wildman–Crippen MR) is 65.6 cm³/mol. The van der Waals surface area contributed by atoms with Crippen LogP contribution in [0, 0.1) is 0 Å². The molecule has 16 heavy (non-hydrogen) atoms. The average Bonchev–Trinajstić information content (AvgIpc) is 2.27. The summed E-state index contributed by atoms with van der Waals surface area (Å²) in [4.78, 5) is 10.6. The fraction of sp³-hybridized carbons (Fsp3) is 0.636. The van der Waals surface area contributed by atoms with Crippen molar-refractivity contribution >= 4 is 11.6 Å². The number of hydrogen-bond donors (Lipinski definition) is 1. The number of anilines is 2. The first-order chi connectivity index (χ1) is 7.58. The van der Waals surface area contributed by atoms with Crippen molar-refractivity contribution in [3.8, 4) is 0 Å². The predicted octanol–water partition coefficient (Wildman–Crippen LogP) is 1.09. The number of methoxy groups -OCH3 is 1. The molecule has 0 aromatic carbocycles. The van der Waals surface area contributed by atoms with Gasteiger partial charge in [0.2, 0.25) is 0 Å². The van der Waals surface area contributed by atoms with Gasteiger partial charge in [0.1, 0.15) is 17.5 Å². The van der Waals surface area contributed by atoms with Gasteiger partial charge in [-0.3, -0.25) is 0 Å². The Morgan fingerprint density at radius 1 is 1.50 bits per heavy atom. The van der Waals surface area contributed by atoms with Gasteiger partial charge in [-0.25, -0.2) is 9.97 Å². The first-order valence-electron chi connectivity index (χ1n) is 5.43. The highest BCUT2D eigenvalue weighted by atomic mass is 16.5. The summed E-state index contributed by atoms with van der Waals surface area (Å²) in [6.07, 6.45) is 0.782. The van der Waals surface area contributed by atoms with E-state index in [0.29, 0.717) is 12.4 Å². The number of ether oxygens (including phenoxy) is 1. The molecule has 1 heterocycles. The Hall–Kier alpha value is -1.36. The van der Waals surface area contributed by atoms with Gasteiger partial charge >= 0.3 is 0 Å². The molecule has 1 aromatic heterocycles. The highest BCUT2D eigenvalue weighted by Crippen LogP contribution is 2.15. The third kappa shape index (κ3) is 3.06. The second kappa shape index (κ2) is 5.65. The van der Waals surface area contributed by atoms with E-state index in [1.165, 1.54) is 0 Å². The van der Waals surface area contributed by atoms with Crippen LogP contribution in [0.5, 0.6) is 0 Å². The zero-order valence-electron chi connectivity index (χ0n) is 10.4. The van der Waals surface area contributed by atoms with Crippen LogP contribution < -0.4 is 10.6 Å². The van der Waals surface area contributed by atoms with E-state index in [9.17, 15) is 0 Å². The Bertz CT molecular complexity index is 343. The molecule has 5 nitrogen and oxygen atoms in total. The monoisotopic (exact) mass is 224 g/mol. The van der Waals surface area contributed by atoms with Crippen LogP contribution in [0.3, 0.4) is 0 Å². The molecule has 5 heteroatoms. The van der Waals surface area contributed by atoms with E-state index in [-0.39, 0.29) is 6.04 Å². The summed E-state index contributed by atoms with van der Waals surface area (Å²) in [7, 11) is 3.67. The molecule has 2 N–H and O–H groups in total. The maximum atomic E-state index is 5.74. The first-order valence-corrected chi connectivity index (χ1v) is 5.43. The zero-order valence-corrected chi connectivity index (χ0v) is 10.4. The zero-order chi connectivity index (χ0) is 12.1. The average molecular weight is 224 g/mol. The Balaban J connectivity index is 2.89. The van der Waals surface area contributed by atoms with Crippen LogP contribution in [-0.4, -0.2) is 36.8 Å². The number of nitrogens with zero attached hydrogens (tertiary/aromatic N) is 3. The molecule has 0 bridgehead atoms. The molecular weight excluding hydrogens is 204 g/mol. The lowest BCUT2D eigenvalue weighted by molar-refractivity contribution is 0.183. The lowest BCUT2D eigenvalue weighted by Crippen LogP contribution is -2.33. The molecule has 0 saturated carbocycles. The van der Waals surface area contributed by atoms with Crippen LogP contribution in [-0.2, 0) is 11.2 Å². The summed E-state index contributed by atoms with van der Waals surface area (Å²) < 4.78 is 5.12. The van der Waals surface area contributed by atoms with E-state index in [1.807, 2.05) is 18.9 Å². The Kier molecular flexibility index (Phi) is 4.49. The SMILES string of the molecule is CCc1nc(N)cc(N(C)C(C)COC)n1. The van der Waals surface area contributed by atoms with Crippen molar-refractivity contribution in [1.29, 1.82) is 0 Å². The Labute approximate surface area is 96.6 Å². The van der Waals surface area contributed by atoms with Gasteiger partial charge in [0.25, 0.3) is 0 Å². The minimum Gasteiger partial charge on any atom is -0.384 e. The molecule has 1 atom stereocenters. The van der Waals surface area contributed by atoms with Crippen molar-refractivity contribution in [2.75, 3.05) is 31.4 Å². The van der Waals surface area contributed by atoms with Gasteiger partial charge in [-0.2, -0.15) is 0 Å². The van der Waals surface area contributed by atoms with E-state index < -0.39 is 0 Å². The van der Waals surface area contributed by atoms with E-state index >= 15 is 0 Å². The highest BCUT2D eigenvalue weighted by molar-refractivity contribution is 5.47. The Morgan fingerprint density at radius 2 is 2.19 bits per heavy atom. The van der Waals surface area contributed by atoms with Crippen LogP contribution in [0.25, 0.3) is 0 Å². The highest BCUT2D eigenvalue weighted by Gasteiger charge is 2.12. The molecule has 0 spiro atoms. The minimum absolute atomic E-state index is 0.254. The van der Waals surface area contributed by atoms with Crippen LogP contribution in [0.2, 0.25) is 0 Å². The summed E-state index contributed by atoms with van der Waals surface area (Å²) in [5.41, 5.74) is 5.74. The van der Waals surface area contributed by atoms with Gasteiger partial charge in [0, 0.05) is 26.6 Å². The Morgan fingerprint density at radius 3 is 2.75 bits per heavy atom. The van der Waals surface area contributed by atoms with Gasteiger partial charge in [0.05, 0.1) is 12.6 Å². The molecular formula is C11H20N4O. The molecule has 0 fully saturated rings. The van der Waals surface area contributed by atoms with Crippen molar-refractivity contribution < 1.29 is 4.74 Å². The van der Waals surface area contributed by atoms with Crippen molar-refractivity contribution in [3.63, 3.8) is 0 Å². The number of aryl methyl sites for hydroxylation is 1. The molecule has 0 amide bonds. The first kappa shape index (κ1) is 12.7. The number of nitrogen functional groups attached to an aromatic ring is 1. The molecule has 0 saturated heterocycles. The fourth-order valence-corrected chi connectivity index (χ4v) is 1.42. The molecule has 1 rings (SSSR count). The standard InChI is InChI=1S/C11H20N4O/c1-5-10-13-9(12)6-11(14-10)15(3)8(2)7-16-4/h6,8H,5,7H2,1-4H3,(H2,12,13,14).